The molecule has 0 aliphatic carbocycles. The second-order valence-corrected chi connectivity index (χ2v) is 3.33. The van der Waals surface area contributed by atoms with Gasteiger partial charge in [0.15, 0.2) is 0 Å². The standard InChI is InChI=1S/C12H17NO/c1-10(8-13)7-11-5-3-4-6-12(11)9-14-2/h3-7H,8-9,13H2,1-2H3. The van der Waals surface area contributed by atoms with E-state index in [4.69, 9.17) is 10.5 Å². The summed E-state index contributed by atoms with van der Waals surface area (Å²) in [6.45, 7) is 3.27. The SMILES string of the molecule is COCc1ccccc1C=C(C)CN. The molecule has 0 aliphatic rings. The van der Waals surface area contributed by atoms with Crippen LogP contribution in [0.2, 0.25) is 0 Å². The summed E-state index contributed by atoms with van der Waals surface area (Å²) in [5, 5.41) is 0. The predicted octanol–water partition coefficient (Wildman–Crippen LogP) is 2.19. The van der Waals surface area contributed by atoms with Crippen molar-refractivity contribution >= 4 is 6.08 Å². The Morgan fingerprint density at radius 3 is 2.79 bits per heavy atom. The van der Waals surface area contributed by atoms with Crippen LogP contribution in [0.4, 0.5) is 0 Å². The van der Waals surface area contributed by atoms with Crippen LogP contribution in [0.5, 0.6) is 0 Å². The van der Waals surface area contributed by atoms with E-state index in [0.29, 0.717) is 13.2 Å². The van der Waals surface area contributed by atoms with E-state index in [2.05, 4.69) is 18.2 Å². The van der Waals surface area contributed by atoms with Gasteiger partial charge in [-0.25, -0.2) is 0 Å². The molecule has 1 aromatic rings. The lowest BCUT2D eigenvalue weighted by Gasteiger charge is -2.05. The van der Waals surface area contributed by atoms with E-state index in [1.54, 1.807) is 7.11 Å². The van der Waals surface area contributed by atoms with Gasteiger partial charge in [0.05, 0.1) is 6.61 Å². The lowest BCUT2D eigenvalue weighted by Crippen LogP contribution is -2.00. The third-order valence-corrected chi connectivity index (χ3v) is 2.08. The molecule has 0 saturated heterocycles. The second kappa shape index (κ2) is 5.58. The largest absolute Gasteiger partial charge is 0.380 e. The molecule has 0 unspecified atom stereocenters. The van der Waals surface area contributed by atoms with Crippen molar-refractivity contribution < 1.29 is 4.74 Å². The number of rotatable bonds is 4. The first-order valence-electron chi connectivity index (χ1n) is 4.72. The highest BCUT2D eigenvalue weighted by Crippen LogP contribution is 2.13. The van der Waals surface area contributed by atoms with E-state index >= 15 is 0 Å². The normalized spacial score (nSPS) is 11.8. The second-order valence-electron chi connectivity index (χ2n) is 3.33. The molecular formula is C12H17NO. The van der Waals surface area contributed by atoms with Crippen LogP contribution in [0.3, 0.4) is 0 Å². The minimum atomic E-state index is 0.599. The van der Waals surface area contributed by atoms with Crippen molar-refractivity contribution in [2.24, 2.45) is 5.73 Å². The minimum Gasteiger partial charge on any atom is -0.380 e. The molecule has 14 heavy (non-hydrogen) atoms. The van der Waals surface area contributed by atoms with Crippen LogP contribution in [0.25, 0.3) is 6.08 Å². The van der Waals surface area contributed by atoms with Crippen molar-refractivity contribution in [3.05, 3.63) is 41.0 Å². The van der Waals surface area contributed by atoms with Crippen LogP contribution in [0.15, 0.2) is 29.8 Å². The Hall–Kier alpha value is -1.12. The van der Waals surface area contributed by atoms with Crippen LogP contribution in [0.1, 0.15) is 18.1 Å². The molecule has 0 bridgehead atoms. The lowest BCUT2D eigenvalue weighted by molar-refractivity contribution is 0.184. The number of methoxy groups -OCH3 is 1. The van der Waals surface area contributed by atoms with Gasteiger partial charge in [-0.1, -0.05) is 35.9 Å². The Balaban J connectivity index is 2.95. The van der Waals surface area contributed by atoms with Crippen molar-refractivity contribution in [1.82, 2.24) is 0 Å². The first kappa shape index (κ1) is 11.0. The van der Waals surface area contributed by atoms with Gasteiger partial charge >= 0.3 is 0 Å². The van der Waals surface area contributed by atoms with Crippen molar-refractivity contribution in [3.8, 4) is 0 Å². The van der Waals surface area contributed by atoms with E-state index in [0.717, 1.165) is 0 Å². The monoisotopic (exact) mass is 191 g/mol. The van der Waals surface area contributed by atoms with E-state index < -0.39 is 0 Å². The highest BCUT2D eigenvalue weighted by atomic mass is 16.5. The van der Waals surface area contributed by atoms with Crippen LogP contribution in [-0.4, -0.2) is 13.7 Å². The Morgan fingerprint density at radius 2 is 2.14 bits per heavy atom. The van der Waals surface area contributed by atoms with E-state index in [1.807, 2.05) is 19.1 Å². The summed E-state index contributed by atoms with van der Waals surface area (Å²) < 4.78 is 5.12. The van der Waals surface area contributed by atoms with Crippen LogP contribution < -0.4 is 5.73 Å². The first-order chi connectivity index (χ1) is 6.77. The molecule has 1 aromatic carbocycles. The predicted molar refractivity (Wildman–Crippen MR) is 59.9 cm³/mol. The molecule has 0 fully saturated rings. The quantitative estimate of drug-likeness (QED) is 0.791. The van der Waals surface area contributed by atoms with Gasteiger partial charge < -0.3 is 10.5 Å². The Bertz CT molecular complexity index is 318. The van der Waals surface area contributed by atoms with Gasteiger partial charge in [0.25, 0.3) is 0 Å². The van der Waals surface area contributed by atoms with Gasteiger partial charge in [0.1, 0.15) is 0 Å². The van der Waals surface area contributed by atoms with Crippen molar-refractivity contribution in [1.29, 1.82) is 0 Å². The molecule has 0 atom stereocenters. The molecule has 2 heteroatoms. The topological polar surface area (TPSA) is 35.2 Å². The lowest BCUT2D eigenvalue weighted by atomic mass is 10.1. The fraction of sp³-hybridized carbons (Fsp3) is 0.333. The molecule has 76 valence electrons. The van der Waals surface area contributed by atoms with E-state index in [9.17, 15) is 0 Å². The molecule has 0 radical (unpaired) electrons. The van der Waals surface area contributed by atoms with Gasteiger partial charge in [-0.2, -0.15) is 0 Å². The summed E-state index contributed by atoms with van der Waals surface area (Å²) >= 11 is 0. The molecule has 1 rings (SSSR count). The van der Waals surface area contributed by atoms with Crippen molar-refractivity contribution in [2.75, 3.05) is 13.7 Å². The average molecular weight is 191 g/mol. The van der Waals surface area contributed by atoms with Gasteiger partial charge in [0, 0.05) is 13.7 Å². The summed E-state index contributed by atoms with van der Waals surface area (Å²) in [7, 11) is 1.70. The maximum atomic E-state index is 5.54. The van der Waals surface area contributed by atoms with Crippen molar-refractivity contribution in [3.63, 3.8) is 0 Å². The third kappa shape index (κ3) is 2.98. The zero-order valence-corrected chi connectivity index (χ0v) is 8.79. The van der Waals surface area contributed by atoms with Crippen LogP contribution in [-0.2, 0) is 11.3 Å². The fourth-order valence-corrected chi connectivity index (χ4v) is 1.29. The Kier molecular flexibility index (Phi) is 4.36. The molecule has 0 aromatic heterocycles. The van der Waals surface area contributed by atoms with Gasteiger partial charge in [-0.3, -0.25) is 0 Å². The maximum Gasteiger partial charge on any atom is 0.0718 e. The summed E-state index contributed by atoms with van der Waals surface area (Å²) in [5.74, 6) is 0. The molecule has 0 amide bonds. The van der Waals surface area contributed by atoms with Gasteiger partial charge in [-0.05, 0) is 18.1 Å². The van der Waals surface area contributed by atoms with Crippen LogP contribution >= 0.6 is 0 Å². The fourth-order valence-electron chi connectivity index (χ4n) is 1.29. The first-order valence-corrected chi connectivity index (χ1v) is 4.72. The van der Waals surface area contributed by atoms with E-state index in [1.165, 1.54) is 16.7 Å². The zero-order chi connectivity index (χ0) is 10.4. The number of hydrogen-bond donors (Lipinski definition) is 1. The molecule has 0 spiro atoms. The maximum absolute atomic E-state index is 5.54. The van der Waals surface area contributed by atoms with Crippen LogP contribution in [0, 0.1) is 0 Å². The van der Waals surface area contributed by atoms with E-state index in [-0.39, 0.29) is 0 Å². The third-order valence-electron chi connectivity index (χ3n) is 2.08. The number of nitrogens with two attached hydrogens (primary N) is 1. The smallest absolute Gasteiger partial charge is 0.0718 e. The molecule has 0 aliphatic heterocycles. The van der Waals surface area contributed by atoms with Crippen molar-refractivity contribution in [2.45, 2.75) is 13.5 Å². The minimum absolute atomic E-state index is 0.599. The summed E-state index contributed by atoms with van der Waals surface area (Å²) in [5.41, 5.74) is 9.11. The summed E-state index contributed by atoms with van der Waals surface area (Å²) in [6, 6.07) is 8.19. The average Bonchev–Trinajstić information content (AvgIpc) is 2.21. The summed E-state index contributed by atoms with van der Waals surface area (Å²) in [6.07, 6.45) is 2.11. The number of ether oxygens (including phenoxy) is 1. The number of hydrogen-bond acceptors (Lipinski definition) is 2. The molecule has 2 N–H and O–H groups in total. The van der Waals surface area contributed by atoms with Gasteiger partial charge in [-0.15, -0.1) is 0 Å². The highest BCUT2D eigenvalue weighted by Gasteiger charge is 1.98. The molecule has 0 heterocycles. The highest BCUT2D eigenvalue weighted by molar-refractivity contribution is 5.56. The zero-order valence-electron chi connectivity index (χ0n) is 8.79. The molecular weight excluding hydrogens is 174 g/mol. The Morgan fingerprint density at radius 1 is 1.43 bits per heavy atom. The van der Waals surface area contributed by atoms with Gasteiger partial charge in [0.2, 0.25) is 0 Å². The Labute approximate surface area is 85.4 Å². The molecule has 2 nitrogen and oxygen atoms in total. The molecule has 0 saturated carbocycles. The summed E-state index contributed by atoms with van der Waals surface area (Å²) in [4.78, 5) is 0. The number of benzene rings is 1.